The van der Waals surface area contributed by atoms with Crippen molar-refractivity contribution in [2.24, 2.45) is 0 Å². The van der Waals surface area contributed by atoms with Crippen molar-refractivity contribution in [2.45, 2.75) is 12.5 Å². The summed E-state index contributed by atoms with van der Waals surface area (Å²) in [7, 11) is 3.60. The highest BCUT2D eigenvalue weighted by molar-refractivity contribution is 7.80. The van der Waals surface area contributed by atoms with E-state index >= 15 is 0 Å². The number of hydrogen-bond acceptors (Lipinski definition) is 2. The fourth-order valence-electron chi connectivity index (χ4n) is 1.26. The van der Waals surface area contributed by atoms with E-state index in [4.69, 9.17) is 17.0 Å². The molecule has 1 rings (SSSR count). The number of ether oxygens (including phenoxy) is 1. The second-order valence-corrected chi connectivity index (χ2v) is 3.03. The van der Waals surface area contributed by atoms with Crippen LogP contribution in [0.4, 0.5) is 0 Å². The summed E-state index contributed by atoms with van der Waals surface area (Å²) in [5.41, 5.74) is 0. The Labute approximate surface area is 84.9 Å². The van der Waals surface area contributed by atoms with Crippen LogP contribution in [-0.4, -0.2) is 43.4 Å². The topological polar surface area (TPSA) is 24.5 Å². The summed E-state index contributed by atoms with van der Waals surface area (Å²) in [5.74, 6) is 0. The van der Waals surface area contributed by atoms with Gasteiger partial charge >= 0.3 is 0 Å². The van der Waals surface area contributed by atoms with Crippen LogP contribution in [-0.2, 0) is 4.74 Å². The van der Waals surface area contributed by atoms with E-state index in [9.17, 15) is 0 Å². The molecule has 0 spiro atoms. The van der Waals surface area contributed by atoms with Crippen LogP contribution in [0.15, 0.2) is 0 Å². The molecular weight excluding hydrogens is 196 g/mol. The first-order valence-electron chi connectivity index (χ1n) is 3.77. The molecule has 1 aliphatic heterocycles. The standard InChI is InChI=1S/C7H14N2OS.ClH/c1-8-7(11)9-4-3-6(5-9)10-2;/h6H,3-5H2,1-2H3,(H,8,11);1H/t6-;/m0./s1. The molecule has 1 aliphatic rings. The normalized spacial score (nSPS) is 21.8. The summed E-state index contributed by atoms with van der Waals surface area (Å²) in [6, 6.07) is 0. The van der Waals surface area contributed by atoms with Crippen molar-refractivity contribution in [3.8, 4) is 0 Å². The maximum atomic E-state index is 5.21. The molecule has 0 aliphatic carbocycles. The summed E-state index contributed by atoms with van der Waals surface area (Å²) in [6.07, 6.45) is 1.44. The molecule has 72 valence electrons. The van der Waals surface area contributed by atoms with E-state index in [0.717, 1.165) is 24.6 Å². The van der Waals surface area contributed by atoms with Crippen molar-refractivity contribution in [1.29, 1.82) is 0 Å². The molecule has 0 amide bonds. The lowest BCUT2D eigenvalue weighted by atomic mass is 10.3. The van der Waals surface area contributed by atoms with E-state index < -0.39 is 0 Å². The number of likely N-dealkylation sites (tertiary alicyclic amines) is 1. The van der Waals surface area contributed by atoms with Gasteiger partial charge in [-0.25, -0.2) is 0 Å². The highest BCUT2D eigenvalue weighted by atomic mass is 35.5. The van der Waals surface area contributed by atoms with E-state index in [0.29, 0.717) is 6.10 Å². The number of hydrogen-bond donors (Lipinski definition) is 1. The minimum atomic E-state index is 0. The maximum Gasteiger partial charge on any atom is 0.168 e. The second kappa shape index (κ2) is 5.56. The van der Waals surface area contributed by atoms with Gasteiger partial charge in [0.1, 0.15) is 0 Å². The summed E-state index contributed by atoms with van der Waals surface area (Å²) < 4.78 is 5.21. The van der Waals surface area contributed by atoms with Crippen molar-refractivity contribution in [3.63, 3.8) is 0 Å². The van der Waals surface area contributed by atoms with Gasteiger partial charge in [-0.15, -0.1) is 12.4 Å². The number of nitrogens with one attached hydrogen (secondary N) is 1. The number of halogens is 1. The van der Waals surface area contributed by atoms with Crippen LogP contribution >= 0.6 is 24.6 Å². The quantitative estimate of drug-likeness (QED) is 0.642. The number of thiocarbonyl (C=S) groups is 1. The van der Waals surface area contributed by atoms with Gasteiger partial charge in [0.15, 0.2) is 5.11 Å². The van der Waals surface area contributed by atoms with Gasteiger partial charge in [0.2, 0.25) is 0 Å². The minimum absolute atomic E-state index is 0. The van der Waals surface area contributed by atoms with Gasteiger partial charge in [-0.05, 0) is 18.6 Å². The van der Waals surface area contributed by atoms with Crippen LogP contribution < -0.4 is 5.32 Å². The van der Waals surface area contributed by atoms with Crippen molar-refractivity contribution >= 4 is 29.7 Å². The molecule has 0 bridgehead atoms. The lowest BCUT2D eigenvalue weighted by Gasteiger charge is -2.17. The monoisotopic (exact) mass is 210 g/mol. The minimum Gasteiger partial charge on any atom is -0.380 e. The Morgan fingerprint density at radius 3 is 2.75 bits per heavy atom. The third-order valence-electron chi connectivity index (χ3n) is 1.98. The lowest BCUT2D eigenvalue weighted by molar-refractivity contribution is 0.114. The molecule has 0 radical (unpaired) electrons. The van der Waals surface area contributed by atoms with E-state index in [1.54, 1.807) is 7.11 Å². The first-order valence-corrected chi connectivity index (χ1v) is 4.18. The Morgan fingerprint density at radius 1 is 1.67 bits per heavy atom. The van der Waals surface area contributed by atoms with Crippen molar-refractivity contribution in [3.05, 3.63) is 0 Å². The fourth-order valence-corrected chi connectivity index (χ4v) is 1.43. The van der Waals surface area contributed by atoms with E-state index in [1.165, 1.54) is 0 Å². The van der Waals surface area contributed by atoms with Gasteiger partial charge in [0.25, 0.3) is 0 Å². The average molecular weight is 211 g/mol. The van der Waals surface area contributed by atoms with Crippen LogP contribution in [0, 0.1) is 0 Å². The Kier molecular flexibility index (Phi) is 5.53. The molecule has 0 aromatic heterocycles. The van der Waals surface area contributed by atoms with Crippen LogP contribution in [0.25, 0.3) is 0 Å². The molecule has 1 N–H and O–H groups in total. The predicted octanol–water partition coefficient (Wildman–Crippen LogP) is 0.633. The molecule has 0 saturated carbocycles. The van der Waals surface area contributed by atoms with Crippen molar-refractivity contribution < 1.29 is 4.74 Å². The maximum absolute atomic E-state index is 5.21. The molecule has 0 aromatic rings. The summed E-state index contributed by atoms with van der Waals surface area (Å²) in [5, 5.41) is 3.78. The molecular formula is C7H15ClN2OS. The van der Waals surface area contributed by atoms with Crippen LogP contribution in [0.3, 0.4) is 0 Å². The highest BCUT2D eigenvalue weighted by Crippen LogP contribution is 2.11. The SMILES string of the molecule is CNC(=S)N1CC[C@H](OC)C1.Cl. The highest BCUT2D eigenvalue weighted by Gasteiger charge is 2.22. The number of nitrogens with zero attached hydrogens (tertiary/aromatic N) is 1. The molecule has 5 heteroatoms. The van der Waals surface area contributed by atoms with Crippen LogP contribution in [0.2, 0.25) is 0 Å². The zero-order valence-electron chi connectivity index (χ0n) is 7.37. The van der Waals surface area contributed by atoms with E-state index in [2.05, 4.69) is 10.2 Å². The summed E-state index contributed by atoms with van der Waals surface area (Å²) in [6.45, 7) is 1.94. The molecule has 1 saturated heterocycles. The van der Waals surface area contributed by atoms with Crippen molar-refractivity contribution in [2.75, 3.05) is 27.2 Å². The molecule has 1 heterocycles. The Morgan fingerprint density at radius 2 is 2.33 bits per heavy atom. The third kappa shape index (κ3) is 2.77. The molecule has 0 unspecified atom stereocenters. The third-order valence-corrected chi connectivity index (χ3v) is 2.44. The zero-order valence-corrected chi connectivity index (χ0v) is 9.00. The predicted molar refractivity (Wildman–Crippen MR) is 55.9 cm³/mol. The van der Waals surface area contributed by atoms with Gasteiger partial charge in [0, 0.05) is 27.2 Å². The first kappa shape index (κ1) is 11.9. The molecule has 0 aromatic carbocycles. The summed E-state index contributed by atoms with van der Waals surface area (Å²) in [4.78, 5) is 2.13. The Bertz CT molecular complexity index is 156. The van der Waals surface area contributed by atoms with Gasteiger partial charge in [0.05, 0.1) is 6.10 Å². The van der Waals surface area contributed by atoms with Crippen molar-refractivity contribution in [1.82, 2.24) is 10.2 Å². The molecule has 1 atom stereocenters. The molecule has 3 nitrogen and oxygen atoms in total. The molecule has 1 fully saturated rings. The van der Waals surface area contributed by atoms with Gasteiger partial charge in [-0.1, -0.05) is 0 Å². The Hall–Kier alpha value is -0.0600. The van der Waals surface area contributed by atoms with Gasteiger partial charge in [-0.3, -0.25) is 0 Å². The van der Waals surface area contributed by atoms with E-state index in [-0.39, 0.29) is 12.4 Å². The lowest BCUT2D eigenvalue weighted by Crippen LogP contribution is -2.36. The second-order valence-electron chi connectivity index (χ2n) is 2.65. The van der Waals surface area contributed by atoms with E-state index in [1.807, 2.05) is 7.05 Å². The van der Waals surface area contributed by atoms with Crippen LogP contribution in [0.5, 0.6) is 0 Å². The van der Waals surface area contributed by atoms with Crippen LogP contribution in [0.1, 0.15) is 6.42 Å². The smallest absolute Gasteiger partial charge is 0.168 e. The van der Waals surface area contributed by atoms with Gasteiger partial charge < -0.3 is 15.0 Å². The molecule has 12 heavy (non-hydrogen) atoms. The first-order chi connectivity index (χ1) is 5.27. The fraction of sp³-hybridized carbons (Fsp3) is 0.857. The van der Waals surface area contributed by atoms with Gasteiger partial charge in [-0.2, -0.15) is 0 Å². The number of methoxy groups -OCH3 is 1. The average Bonchev–Trinajstić information content (AvgIpc) is 2.50. The largest absolute Gasteiger partial charge is 0.380 e. The zero-order chi connectivity index (χ0) is 8.27. The summed E-state index contributed by atoms with van der Waals surface area (Å²) >= 11 is 5.08. The number of rotatable bonds is 1. The Balaban J connectivity index is 0.00000121.